The molecule has 3 rings (SSSR count). The van der Waals surface area contributed by atoms with Crippen molar-refractivity contribution in [1.82, 2.24) is 4.98 Å². The first-order valence-corrected chi connectivity index (χ1v) is 5.73. The van der Waals surface area contributed by atoms with Crippen LogP contribution >= 0.6 is 11.6 Å². The minimum absolute atomic E-state index is 0.200. The topological polar surface area (TPSA) is 12.9 Å². The summed E-state index contributed by atoms with van der Waals surface area (Å²) >= 11 is 5.89. The maximum absolute atomic E-state index is 5.89. The Bertz CT molecular complexity index is 555. The molecule has 0 N–H and O–H groups in total. The quantitative estimate of drug-likeness (QED) is 0.719. The molecule has 1 aliphatic rings. The molecule has 0 spiro atoms. The van der Waals surface area contributed by atoms with Crippen LogP contribution in [-0.2, 0) is 5.41 Å². The van der Waals surface area contributed by atoms with Crippen molar-refractivity contribution in [2.45, 2.75) is 19.3 Å². The van der Waals surface area contributed by atoms with Crippen LogP contribution in [0, 0.1) is 0 Å². The van der Waals surface area contributed by atoms with Crippen LogP contribution in [0.3, 0.4) is 0 Å². The number of pyridine rings is 1. The highest BCUT2D eigenvalue weighted by molar-refractivity contribution is 6.30. The summed E-state index contributed by atoms with van der Waals surface area (Å²) in [7, 11) is 0. The molecule has 2 heteroatoms. The Kier molecular flexibility index (Phi) is 1.90. The Morgan fingerprint density at radius 1 is 1.06 bits per heavy atom. The zero-order chi connectivity index (χ0) is 11.3. The Morgan fingerprint density at radius 2 is 1.75 bits per heavy atom. The average Bonchev–Trinajstić information content (AvgIpc) is 2.84. The molecule has 0 radical (unpaired) electrons. The Balaban J connectivity index is 2.14. The molecule has 0 aliphatic heterocycles. The van der Waals surface area contributed by atoms with Gasteiger partial charge in [0, 0.05) is 28.4 Å². The summed E-state index contributed by atoms with van der Waals surface area (Å²) in [5.74, 6) is 0. The standard InChI is InChI=1S/C14H12ClN/c1-14(2)12-8-16-7-11(13(12)14)9-3-5-10(15)6-4-9/h3-8H,1-2H3. The summed E-state index contributed by atoms with van der Waals surface area (Å²) in [6.45, 7) is 4.47. The third-order valence-electron chi connectivity index (χ3n) is 3.34. The lowest BCUT2D eigenvalue weighted by Crippen LogP contribution is -1.91. The third kappa shape index (κ3) is 1.28. The number of hydrogen-bond donors (Lipinski definition) is 0. The third-order valence-corrected chi connectivity index (χ3v) is 3.59. The van der Waals surface area contributed by atoms with Gasteiger partial charge in [-0.2, -0.15) is 0 Å². The van der Waals surface area contributed by atoms with Crippen LogP contribution in [0.15, 0.2) is 36.7 Å². The van der Waals surface area contributed by atoms with Crippen LogP contribution in [0.4, 0.5) is 0 Å². The summed E-state index contributed by atoms with van der Waals surface area (Å²) in [5.41, 5.74) is 5.41. The first kappa shape index (κ1) is 9.86. The number of halogens is 1. The summed E-state index contributed by atoms with van der Waals surface area (Å²) in [4.78, 5) is 4.30. The molecule has 16 heavy (non-hydrogen) atoms. The van der Waals surface area contributed by atoms with E-state index in [0.29, 0.717) is 0 Å². The maximum Gasteiger partial charge on any atom is 0.0406 e. The molecule has 0 unspecified atom stereocenters. The summed E-state index contributed by atoms with van der Waals surface area (Å²) in [5, 5.41) is 0.771. The van der Waals surface area contributed by atoms with E-state index in [4.69, 9.17) is 11.6 Å². The second-order valence-electron chi connectivity index (χ2n) is 4.74. The minimum Gasteiger partial charge on any atom is -0.264 e. The molecule has 2 aromatic rings. The molecule has 0 saturated carbocycles. The lowest BCUT2D eigenvalue weighted by Gasteiger charge is -2.02. The van der Waals surface area contributed by atoms with Gasteiger partial charge in [0.05, 0.1) is 0 Å². The SMILES string of the molecule is CC1(C)c2cncc(-c3ccc(Cl)cc3)c21. The average molecular weight is 230 g/mol. The first-order valence-electron chi connectivity index (χ1n) is 5.35. The molecule has 80 valence electrons. The van der Waals surface area contributed by atoms with E-state index in [1.807, 2.05) is 36.7 Å². The van der Waals surface area contributed by atoms with E-state index < -0.39 is 0 Å². The van der Waals surface area contributed by atoms with E-state index in [1.165, 1.54) is 22.3 Å². The van der Waals surface area contributed by atoms with Crippen molar-refractivity contribution < 1.29 is 0 Å². The molecule has 1 aromatic heterocycles. The predicted molar refractivity (Wildman–Crippen MR) is 66.8 cm³/mol. The fourth-order valence-corrected chi connectivity index (χ4v) is 2.43. The number of fused-ring (bicyclic) bond motifs is 1. The van der Waals surface area contributed by atoms with Gasteiger partial charge in [0.25, 0.3) is 0 Å². The van der Waals surface area contributed by atoms with E-state index in [2.05, 4.69) is 18.8 Å². The molecule has 1 heterocycles. The summed E-state index contributed by atoms with van der Waals surface area (Å²) < 4.78 is 0. The van der Waals surface area contributed by atoms with Gasteiger partial charge in [0.1, 0.15) is 0 Å². The number of benzene rings is 1. The van der Waals surface area contributed by atoms with Crippen molar-refractivity contribution in [3.8, 4) is 11.1 Å². The number of aromatic nitrogens is 1. The number of nitrogens with zero attached hydrogens (tertiary/aromatic N) is 1. The fourth-order valence-electron chi connectivity index (χ4n) is 2.30. The molecule has 0 atom stereocenters. The zero-order valence-electron chi connectivity index (χ0n) is 9.29. The molecule has 1 aliphatic carbocycles. The largest absolute Gasteiger partial charge is 0.264 e. The van der Waals surface area contributed by atoms with Crippen LogP contribution in [-0.4, -0.2) is 4.98 Å². The second-order valence-corrected chi connectivity index (χ2v) is 5.18. The van der Waals surface area contributed by atoms with E-state index in [1.54, 1.807) is 0 Å². The van der Waals surface area contributed by atoms with Gasteiger partial charge in [-0.25, -0.2) is 0 Å². The van der Waals surface area contributed by atoms with E-state index in [0.717, 1.165) is 5.02 Å². The molecule has 0 bridgehead atoms. The van der Waals surface area contributed by atoms with Gasteiger partial charge in [-0.3, -0.25) is 4.98 Å². The normalized spacial score (nSPS) is 15.7. The molecule has 1 aromatic carbocycles. The van der Waals surface area contributed by atoms with Crippen molar-refractivity contribution >= 4 is 11.6 Å². The Labute approximate surface area is 100 Å². The highest BCUT2D eigenvalue weighted by Gasteiger charge is 2.44. The molecular formula is C14H12ClN. The molecular weight excluding hydrogens is 218 g/mol. The van der Waals surface area contributed by atoms with Crippen molar-refractivity contribution in [1.29, 1.82) is 0 Å². The summed E-state index contributed by atoms with van der Waals surface area (Å²) in [6, 6.07) is 7.94. The van der Waals surface area contributed by atoms with Gasteiger partial charge in [-0.15, -0.1) is 0 Å². The Morgan fingerprint density at radius 3 is 2.44 bits per heavy atom. The van der Waals surface area contributed by atoms with Crippen molar-refractivity contribution in [3.05, 3.63) is 52.8 Å². The van der Waals surface area contributed by atoms with Gasteiger partial charge in [-0.1, -0.05) is 37.6 Å². The lowest BCUT2D eigenvalue weighted by atomic mass is 10.0. The van der Waals surface area contributed by atoms with Crippen LogP contribution in [0.25, 0.3) is 11.1 Å². The number of rotatable bonds is 1. The van der Waals surface area contributed by atoms with Gasteiger partial charge in [0.2, 0.25) is 0 Å². The fraction of sp³-hybridized carbons (Fsp3) is 0.214. The first-order chi connectivity index (χ1) is 7.60. The second kappa shape index (κ2) is 3.08. The van der Waals surface area contributed by atoms with Gasteiger partial charge < -0.3 is 0 Å². The van der Waals surface area contributed by atoms with Crippen LogP contribution in [0.1, 0.15) is 25.0 Å². The predicted octanol–water partition coefficient (Wildman–Crippen LogP) is 4.04. The Hall–Kier alpha value is -1.34. The highest BCUT2D eigenvalue weighted by Crippen LogP contribution is 2.53. The van der Waals surface area contributed by atoms with E-state index >= 15 is 0 Å². The van der Waals surface area contributed by atoms with E-state index in [9.17, 15) is 0 Å². The van der Waals surface area contributed by atoms with Crippen molar-refractivity contribution in [2.24, 2.45) is 0 Å². The highest BCUT2D eigenvalue weighted by atomic mass is 35.5. The van der Waals surface area contributed by atoms with E-state index in [-0.39, 0.29) is 5.41 Å². The molecule has 1 nitrogen and oxygen atoms in total. The number of hydrogen-bond acceptors (Lipinski definition) is 1. The van der Waals surface area contributed by atoms with Crippen LogP contribution in [0.5, 0.6) is 0 Å². The van der Waals surface area contributed by atoms with Crippen molar-refractivity contribution in [3.63, 3.8) is 0 Å². The van der Waals surface area contributed by atoms with Gasteiger partial charge in [0.15, 0.2) is 0 Å². The van der Waals surface area contributed by atoms with Crippen molar-refractivity contribution in [2.75, 3.05) is 0 Å². The van der Waals surface area contributed by atoms with Gasteiger partial charge in [-0.05, 0) is 28.8 Å². The molecule has 0 fully saturated rings. The van der Waals surface area contributed by atoms with Crippen LogP contribution < -0.4 is 0 Å². The lowest BCUT2D eigenvalue weighted by molar-refractivity contribution is 0.793. The van der Waals surface area contributed by atoms with Crippen LogP contribution in [0.2, 0.25) is 5.02 Å². The smallest absolute Gasteiger partial charge is 0.0406 e. The van der Waals surface area contributed by atoms with Gasteiger partial charge >= 0.3 is 0 Å². The molecule has 0 amide bonds. The monoisotopic (exact) mass is 229 g/mol. The maximum atomic E-state index is 5.89. The minimum atomic E-state index is 0.200. The summed E-state index contributed by atoms with van der Waals surface area (Å²) in [6.07, 6.45) is 3.91. The molecule has 0 saturated heterocycles. The zero-order valence-corrected chi connectivity index (χ0v) is 10.0.